The van der Waals surface area contributed by atoms with Gasteiger partial charge in [-0.3, -0.25) is 9.59 Å². The van der Waals surface area contributed by atoms with Gasteiger partial charge in [0.2, 0.25) is 5.91 Å². The highest BCUT2D eigenvalue weighted by molar-refractivity contribution is 5.86. The maximum atomic E-state index is 11.3. The van der Waals surface area contributed by atoms with E-state index < -0.39 is 18.1 Å². The summed E-state index contributed by atoms with van der Waals surface area (Å²) in [5, 5.41) is 10.9. The van der Waals surface area contributed by atoms with Crippen molar-refractivity contribution in [2.75, 3.05) is 6.61 Å². The highest BCUT2D eigenvalue weighted by Gasteiger charge is 2.25. The minimum absolute atomic E-state index is 0.326. The van der Waals surface area contributed by atoms with Crippen molar-refractivity contribution in [2.24, 2.45) is 0 Å². The normalized spacial score (nSPS) is 23.9. The van der Waals surface area contributed by atoms with Crippen LogP contribution in [0.5, 0.6) is 0 Å². The second kappa shape index (κ2) is 4.23. The Morgan fingerprint density at radius 2 is 2.31 bits per heavy atom. The third-order valence-corrected chi connectivity index (χ3v) is 1.95. The van der Waals surface area contributed by atoms with Crippen LogP contribution in [0.4, 0.5) is 0 Å². The molecule has 74 valence electrons. The average Bonchev–Trinajstić information content (AvgIpc) is 2.55. The van der Waals surface area contributed by atoms with Gasteiger partial charge in [0.25, 0.3) is 0 Å². The van der Waals surface area contributed by atoms with E-state index in [4.69, 9.17) is 9.84 Å². The number of carbonyl (C=O) groups is 2. The molecule has 5 nitrogen and oxygen atoms in total. The van der Waals surface area contributed by atoms with E-state index in [0.717, 1.165) is 6.42 Å². The van der Waals surface area contributed by atoms with Crippen LogP contribution in [0, 0.1) is 0 Å². The Balaban J connectivity index is 2.35. The largest absolute Gasteiger partial charge is 0.480 e. The van der Waals surface area contributed by atoms with Gasteiger partial charge in [-0.1, -0.05) is 0 Å². The average molecular weight is 187 g/mol. The minimum atomic E-state index is -1.04. The van der Waals surface area contributed by atoms with E-state index in [2.05, 4.69) is 5.32 Å². The molecule has 13 heavy (non-hydrogen) atoms. The molecule has 0 aromatic carbocycles. The molecule has 0 saturated carbocycles. The molecule has 2 atom stereocenters. The monoisotopic (exact) mass is 187 g/mol. The van der Waals surface area contributed by atoms with Crippen LogP contribution in [-0.4, -0.2) is 35.7 Å². The third kappa shape index (κ3) is 2.69. The van der Waals surface area contributed by atoms with Crippen molar-refractivity contribution in [1.29, 1.82) is 0 Å². The van der Waals surface area contributed by atoms with Crippen LogP contribution in [-0.2, 0) is 14.3 Å². The summed E-state index contributed by atoms with van der Waals surface area (Å²) < 4.78 is 5.09. The van der Waals surface area contributed by atoms with E-state index in [9.17, 15) is 9.59 Å². The molecular formula is C8H13NO4. The SMILES string of the molecule is CC(NC(=O)[C@@H]1CCCO1)C(=O)O. The molecular weight excluding hydrogens is 174 g/mol. The smallest absolute Gasteiger partial charge is 0.325 e. The van der Waals surface area contributed by atoms with Gasteiger partial charge in [0.05, 0.1) is 0 Å². The van der Waals surface area contributed by atoms with Crippen LogP contribution in [0.25, 0.3) is 0 Å². The Kier molecular flexibility index (Phi) is 3.25. The van der Waals surface area contributed by atoms with Crippen LogP contribution >= 0.6 is 0 Å². The zero-order valence-corrected chi connectivity index (χ0v) is 7.45. The van der Waals surface area contributed by atoms with Gasteiger partial charge in [-0.2, -0.15) is 0 Å². The van der Waals surface area contributed by atoms with E-state index in [-0.39, 0.29) is 5.91 Å². The number of hydrogen-bond acceptors (Lipinski definition) is 3. The predicted octanol–water partition coefficient (Wildman–Crippen LogP) is -0.245. The maximum absolute atomic E-state index is 11.3. The molecule has 1 unspecified atom stereocenters. The minimum Gasteiger partial charge on any atom is -0.480 e. The van der Waals surface area contributed by atoms with Gasteiger partial charge >= 0.3 is 5.97 Å². The first-order valence-electron chi connectivity index (χ1n) is 4.26. The highest BCUT2D eigenvalue weighted by Crippen LogP contribution is 2.11. The van der Waals surface area contributed by atoms with Crippen molar-refractivity contribution in [3.63, 3.8) is 0 Å². The predicted molar refractivity (Wildman–Crippen MR) is 44.2 cm³/mol. The van der Waals surface area contributed by atoms with E-state index in [1.807, 2.05) is 0 Å². The number of aliphatic carboxylic acids is 1. The first kappa shape index (κ1) is 9.98. The highest BCUT2D eigenvalue weighted by atomic mass is 16.5. The molecule has 0 aliphatic carbocycles. The lowest BCUT2D eigenvalue weighted by atomic mass is 10.2. The van der Waals surface area contributed by atoms with Gasteiger partial charge in [-0.25, -0.2) is 0 Å². The van der Waals surface area contributed by atoms with E-state index >= 15 is 0 Å². The van der Waals surface area contributed by atoms with Crippen LogP contribution in [0.3, 0.4) is 0 Å². The topological polar surface area (TPSA) is 75.6 Å². The van der Waals surface area contributed by atoms with Crippen molar-refractivity contribution in [3.8, 4) is 0 Å². The molecule has 1 saturated heterocycles. The van der Waals surface area contributed by atoms with Crippen LogP contribution in [0.15, 0.2) is 0 Å². The van der Waals surface area contributed by atoms with Gasteiger partial charge in [0.1, 0.15) is 12.1 Å². The van der Waals surface area contributed by atoms with E-state index in [1.54, 1.807) is 0 Å². The maximum Gasteiger partial charge on any atom is 0.325 e. The number of rotatable bonds is 3. The Morgan fingerprint density at radius 3 is 2.77 bits per heavy atom. The summed E-state index contributed by atoms with van der Waals surface area (Å²) in [5.41, 5.74) is 0. The first-order chi connectivity index (χ1) is 6.11. The van der Waals surface area contributed by atoms with Gasteiger partial charge < -0.3 is 15.2 Å². The zero-order chi connectivity index (χ0) is 9.84. The van der Waals surface area contributed by atoms with Crippen molar-refractivity contribution in [3.05, 3.63) is 0 Å². The summed E-state index contributed by atoms with van der Waals surface area (Å²) >= 11 is 0. The van der Waals surface area contributed by atoms with E-state index in [1.165, 1.54) is 6.92 Å². The number of carboxylic acid groups (broad SMARTS) is 1. The third-order valence-electron chi connectivity index (χ3n) is 1.95. The summed E-state index contributed by atoms with van der Waals surface area (Å²) in [5.74, 6) is -1.36. The van der Waals surface area contributed by atoms with Crippen molar-refractivity contribution in [2.45, 2.75) is 31.9 Å². The molecule has 0 aromatic heterocycles. The van der Waals surface area contributed by atoms with Crippen molar-refractivity contribution in [1.82, 2.24) is 5.32 Å². The molecule has 0 bridgehead atoms. The molecule has 1 amide bonds. The standard InChI is InChI=1S/C8H13NO4/c1-5(8(11)12)9-7(10)6-3-2-4-13-6/h5-6H,2-4H2,1H3,(H,9,10)(H,11,12)/t5?,6-/m0/s1. The summed E-state index contributed by atoms with van der Waals surface area (Å²) in [7, 11) is 0. The molecule has 0 aromatic rings. The lowest BCUT2D eigenvalue weighted by Gasteiger charge is -2.12. The Labute approximate surface area is 76.1 Å². The van der Waals surface area contributed by atoms with Crippen LogP contribution in [0.1, 0.15) is 19.8 Å². The first-order valence-corrected chi connectivity index (χ1v) is 4.26. The summed E-state index contributed by atoms with van der Waals surface area (Å²) in [4.78, 5) is 21.7. The summed E-state index contributed by atoms with van der Waals surface area (Å²) in [6.45, 7) is 2.01. The number of hydrogen-bond donors (Lipinski definition) is 2. The van der Waals surface area contributed by atoms with Crippen LogP contribution in [0.2, 0.25) is 0 Å². The molecule has 2 N–H and O–H groups in total. The second-order valence-corrected chi connectivity index (χ2v) is 3.07. The number of amides is 1. The molecule has 1 aliphatic rings. The molecule has 1 aliphatic heterocycles. The Bertz CT molecular complexity index is 210. The number of carbonyl (C=O) groups excluding carboxylic acids is 1. The number of carboxylic acids is 1. The molecule has 1 heterocycles. The lowest BCUT2D eigenvalue weighted by Crippen LogP contribution is -2.43. The molecule has 1 rings (SSSR count). The fraction of sp³-hybridized carbons (Fsp3) is 0.750. The fourth-order valence-corrected chi connectivity index (χ4v) is 1.15. The molecule has 0 radical (unpaired) electrons. The lowest BCUT2D eigenvalue weighted by molar-refractivity contribution is -0.143. The Morgan fingerprint density at radius 1 is 1.62 bits per heavy atom. The van der Waals surface area contributed by atoms with Crippen molar-refractivity contribution < 1.29 is 19.4 Å². The number of nitrogens with one attached hydrogen (secondary N) is 1. The van der Waals surface area contributed by atoms with Gasteiger partial charge in [0.15, 0.2) is 0 Å². The van der Waals surface area contributed by atoms with Crippen molar-refractivity contribution >= 4 is 11.9 Å². The quantitative estimate of drug-likeness (QED) is 0.639. The molecule has 0 spiro atoms. The van der Waals surface area contributed by atoms with E-state index in [0.29, 0.717) is 13.0 Å². The fourth-order valence-electron chi connectivity index (χ4n) is 1.15. The van der Waals surface area contributed by atoms with Gasteiger partial charge in [-0.15, -0.1) is 0 Å². The number of ether oxygens (including phenoxy) is 1. The van der Waals surface area contributed by atoms with Gasteiger partial charge in [-0.05, 0) is 19.8 Å². The summed E-state index contributed by atoms with van der Waals surface area (Å²) in [6.07, 6.45) is 1.08. The van der Waals surface area contributed by atoms with Gasteiger partial charge in [0, 0.05) is 6.61 Å². The molecule has 1 fully saturated rings. The summed E-state index contributed by atoms with van der Waals surface area (Å²) in [6, 6.07) is -0.850. The Hall–Kier alpha value is -1.10. The second-order valence-electron chi connectivity index (χ2n) is 3.07. The zero-order valence-electron chi connectivity index (χ0n) is 7.45. The molecule has 5 heteroatoms. The van der Waals surface area contributed by atoms with Crippen LogP contribution < -0.4 is 5.32 Å².